The molecular formula is C16H22N4O3S2. The second-order valence-electron chi connectivity index (χ2n) is 6.40. The summed E-state index contributed by atoms with van der Waals surface area (Å²) in [4.78, 5) is 16.8. The van der Waals surface area contributed by atoms with Gasteiger partial charge in [-0.15, -0.1) is 0 Å². The number of imidazole rings is 1. The minimum absolute atomic E-state index is 0.00850. The summed E-state index contributed by atoms with van der Waals surface area (Å²) >= 11 is 1.36. The predicted octanol–water partition coefficient (Wildman–Crippen LogP) is 1.76. The molecule has 9 heteroatoms. The van der Waals surface area contributed by atoms with Gasteiger partial charge in [0.1, 0.15) is 0 Å². The van der Waals surface area contributed by atoms with Gasteiger partial charge >= 0.3 is 0 Å². The first kappa shape index (κ1) is 18.2. The van der Waals surface area contributed by atoms with Crippen molar-refractivity contribution >= 4 is 38.7 Å². The lowest BCUT2D eigenvalue weighted by Crippen LogP contribution is -2.37. The highest BCUT2D eigenvalue weighted by Crippen LogP contribution is 2.28. The molecule has 0 saturated heterocycles. The number of amides is 1. The van der Waals surface area contributed by atoms with E-state index in [4.69, 9.17) is 5.14 Å². The van der Waals surface area contributed by atoms with Gasteiger partial charge in [-0.05, 0) is 38.0 Å². The smallest absolute Gasteiger partial charge is 0.238 e. The standard InChI is InChI=1S/C16H22N4O3S2/c1-10(15(21)18-11-5-3-4-6-11)24-16-19-13-9-12(25(17,22)23)7-8-14(13)20(16)2/h7-11H,3-6H2,1-2H3,(H,18,21)(H2,17,22,23)/t10-/m0/s1. The van der Waals surface area contributed by atoms with Crippen molar-refractivity contribution in [2.75, 3.05) is 0 Å². The highest BCUT2D eigenvalue weighted by atomic mass is 32.2. The minimum Gasteiger partial charge on any atom is -0.352 e. The van der Waals surface area contributed by atoms with Gasteiger partial charge in [-0.2, -0.15) is 0 Å². The van der Waals surface area contributed by atoms with Crippen LogP contribution in [-0.2, 0) is 21.9 Å². The first-order valence-corrected chi connectivity index (χ1v) is 10.6. The third-order valence-corrected chi connectivity index (χ3v) is 6.55. The summed E-state index contributed by atoms with van der Waals surface area (Å²) in [5.41, 5.74) is 1.33. The third kappa shape index (κ3) is 3.99. The van der Waals surface area contributed by atoms with E-state index in [0.717, 1.165) is 18.4 Å². The highest BCUT2D eigenvalue weighted by molar-refractivity contribution is 8.00. The molecule has 3 N–H and O–H groups in total. The zero-order chi connectivity index (χ0) is 18.2. The zero-order valence-electron chi connectivity index (χ0n) is 14.2. The van der Waals surface area contributed by atoms with Gasteiger partial charge in [-0.1, -0.05) is 24.6 Å². The van der Waals surface area contributed by atoms with Crippen LogP contribution in [0.1, 0.15) is 32.6 Å². The van der Waals surface area contributed by atoms with Gasteiger partial charge in [0, 0.05) is 13.1 Å². The monoisotopic (exact) mass is 382 g/mol. The Kier molecular flexibility index (Phi) is 5.08. The van der Waals surface area contributed by atoms with Crippen molar-refractivity contribution in [1.82, 2.24) is 14.9 Å². The van der Waals surface area contributed by atoms with Crippen LogP contribution in [0.4, 0.5) is 0 Å². The summed E-state index contributed by atoms with van der Waals surface area (Å²) in [5, 5.41) is 8.64. The Balaban J connectivity index is 1.78. The van der Waals surface area contributed by atoms with E-state index in [1.54, 1.807) is 6.07 Å². The number of nitrogens with two attached hydrogens (primary N) is 1. The van der Waals surface area contributed by atoms with Gasteiger partial charge in [0.25, 0.3) is 0 Å². The molecule has 1 aliphatic carbocycles. The van der Waals surface area contributed by atoms with Crippen LogP contribution in [0.2, 0.25) is 0 Å². The number of nitrogens with zero attached hydrogens (tertiary/aromatic N) is 2. The Hall–Kier alpha value is -1.58. The largest absolute Gasteiger partial charge is 0.352 e. The van der Waals surface area contributed by atoms with Crippen molar-refractivity contribution in [3.05, 3.63) is 18.2 Å². The second-order valence-corrected chi connectivity index (χ2v) is 9.27. The number of rotatable bonds is 5. The molecule has 0 aliphatic heterocycles. The molecule has 1 aliphatic rings. The number of aromatic nitrogens is 2. The molecule has 1 atom stereocenters. The van der Waals surface area contributed by atoms with Crippen LogP contribution in [0.15, 0.2) is 28.3 Å². The maximum Gasteiger partial charge on any atom is 0.238 e. The van der Waals surface area contributed by atoms with Gasteiger partial charge in [0.2, 0.25) is 15.9 Å². The van der Waals surface area contributed by atoms with Crippen LogP contribution in [0.5, 0.6) is 0 Å². The molecular weight excluding hydrogens is 360 g/mol. The average molecular weight is 383 g/mol. The summed E-state index contributed by atoms with van der Waals surface area (Å²) in [7, 11) is -1.92. The number of fused-ring (bicyclic) bond motifs is 1. The van der Waals surface area contributed by atoms with Crippen molar-refractivity contribution in [1.29, 1.82) is 0 Å². The average Bonchev–Trinajstić information content (AvgIpc) is 3.15. The van der Waals surface area contributed by atoms with E-state index in [0.29, 0.717) is 10.7 Å². The van der Waals surface area contributed by atoms with Gasteiger partial charge in [-0.3, -0.25) is 4.79 Å². The van der Waals surface area contributed by atoms with Crippen molar-refractivity contribution < 1.29 is 13.2 Å². The number of aryl methyl sites for hydroxylation is 1. The Bertz CT molecular complexity index is 901. The highest BCUT2D eigenvalue weighted by Gasteiger charge is 2.23. The van der Waals surface area contributed by atoms with Gasteiger partial charge < -0.3 is 9.88 Å². The number of carbonyl (C=O) groups excluding carboxylic acids is 1. The van der Waals surface area contributed by atoms with Crippen molar-refractivity contribution in [3.63, 3.8) is 0 Å². The molecule has 0 radical (unpaired) electrons. The molecule has 0 unspecified atom stereocenters. The minimum atomic E-state index is -3.77. The van der Waals surface area contributed by atoms with E-state index < -0.39 is 10.0 Å². The number of hydrogen-bond donors (Lipinski definition) is 2. The summed E-state index contributed by atoms with van der Waals surface area (Å²) in [6, 6.07) is 4.88. The van der Waals surface area contributed by atoms with Crippen LogP contribution in [0, 0.1) is 0 Å². The Morgan fingerprint density at radius 2 is 2.08 bits per heavy atom. The van der Waals surface area contributed by atoms with E-state index in [1.165, 1.54) is 36.7 Å². The molecule has 2 aromatic rings. The van der Waals surface area contributed by atoms with E-state index in [2.05, 4.69) is 10.3 Å². The Morgan fingerprint density at radius 3 is 2.72 bits per heavy atom. The fourth-order valence-electron chi connectivity index (χ4n) is 3.04. The summed E-state index contributed by atoms with van der Waals surface area (Å²) in [5.74, 6) is 0.00850. The molecule has 1 aromatic heterocycles. The fourth-order valence-corrected chi connectivity index (χ4v) is 4.47. The van der Waals surface area contributed by atoms with Gasteiger partial charge in [-0.25, -0.2) is 18.5 Å². The van der Waals surface area contributed by atoms with Crippen LogP contribution < -0.4 is 10.5 Å². The van der Waals surface area contributed by atoms with Crippen molar-refractivity contribution in [2.45, 2.75) is 54.0 Å². The van der Waals surface area contributed by atoms with E-state index in [9.17, 15) is 13.2 Å². The third-order valence-electron chi connectivity index (χ3n) is 4.49. The molecule has 0 spiro atoms. The molecule has 1 saturated carbocycles. The molecule has 1 amide bonds. The van der Waals surface area contributed by atoms with E-state index in [-0.39, 0.29) is 22.1 Å². The summed E-state index contributed by atoms with van der Waals surface area (Å²) in [6.45, 7) is 1.85. The van der Waals surface area contributed by atoms with Crippen LogP contribution in [0.25, 0.3) is 11.0 Å². The number of thioether (sulfide) groups is 1. The lowest BCUT2D eigenvalue weighted by Gasteiger charge is -2.16. The SMILES string of the molecule is C[C@H](Sc1nc2cc(S(N)(=O)=O)ccc2n1C)C(=O)NC1CCCC1. The molecule has 1 fully saturated rings. The summed E-state index contributed by atoms with van der Waals surface area (Å²) < 4.78 is 24.8. The first-order valence-electron chi connectivity index (χ1n) is 8.22. The molecule has 1 aromatic carbocycles. The molecule has 1 heterocycles. The summed E-state index contributed by atoms with van der Waals surface area (Å²) in [6.07, 6.45) is 4.44. The zero-order valence-corrected chi connectivity index (χ0v) is 15.9. The van der Waals surface area contributed by atoms with Crippen LogP contribution >= 0.6 is 11.8 Å². The predicted molar refractivity (Wildman–Crippen MR) is 97.8 cm³/mol. The topological polar surface area (TPSA) is 107 Å². The molecule has 25 heavy (non-hydrogen) atoms. The van der Waals surface area contributed by atoms with Gasteiger partial charge in [0.05, 0.1) is 21.2 Å². The molecule has 7 nitrogen and oxygen atoms in total. The Morgan fingerprint density at radius 1 is 1.40 bits per heavy atom. The van der Waals surface area contributed by atoms with Gasteiger partial charge in [0.15, 0.2) is 5.16 Å². The first-order chi connectivity index (χ1) is 11.8. The quantitative estimate of drug-likeness (QED) is 0.766. The number of hydrogen-bond acceptors (Lipinski definition) is 5. The normalized spacial score (nSPS) is 17.1. The maximum absolute atomic E-state index is 12.4. The van der Waals surface area contributed by atoms with Crippen LogP contribution in [-0.4, -0.2) is 35.2 Å². The van der Waals surface area contributed by atoms with E-state index in [1.807, 2.05) is 18.5 Å². The maximum atomic E-state index is 12.4. The van der Waals surface area contributed by atoms with Crippen molar-refractivity contribution in [3.8, 4) is 0 Å². The lowest BCUT2D eigenvalue weighted by atomic mass is 10.2. The second kappa shape index (κ2) is 6.97. The van der Waals surface area contributed by atoms with Crippen molar-refractivity contribution in [2.24, 2.45) is 12.2 Å². The number of carbonyl (C=O) groups is 1. The number of nitrogens with one attached hydrogen (secondary N) is 1. The Labute approximate surface area is 151 Å². The molecule has 136 valence electrons. The van der Waals surface area contributed by atoms with E-state index >= 15 is 0 Å². The lowest BCUT2D eigenvalue weighted by molar-refractivity contribution is -0.120. The van der Waals surface area contributed by atoms with Crippen LogP contribution in [0.3, 0.4) is 0 Å². The molecule has 3 rings (SSSR count). The number of benzene rings is 1. The number of sulfonamides is 1. The molecule has 0 bridgehead atoms. The number of primary sulfonamides is 1. The fraction of sp³-hybridized carbons (Fsp3) is 0.500.